The summed E-state index contributed by atoms with van der Waals surface area (Å²) in [5.41, 5.74) is 4.22. The molecule has 0 radical (unpaired) electrons. The lowest BCUT2D eigenvalue weighted by molar-refractivity contribution is -0.144. The molecule has 0 unspecified atom stereocenters. The minimum absolute atomic E-state index is 0.0648. The minimum Gasteiger partial charge on any atom is -0.468 e. The van der Waals surface area contributed by atoms with E-state index in [4.69, 9.17) is 9.47 Å². The molecule has 2 bridgehead atoms. The molecule has 1 aromatic heterocycles. The van der Waals surface area contributed by atoms with Crippen LogP contribution in [-0.2, 0) is 26.1 Å². The van der Waals surface area contributed by atoms with Gasteiger partial charge in [0.15, 0.2) is 0 Å². The number of ether oxygens (including phenoxy) is 2. The topological polar surface area (TPSA) is 60.8 Å². The molecule has 2 aliphatic rings. The molecule has 1 aromatic carbocycles. The Hall–Kier alpha value is -3.02. The SMILES string of the molecule is COC(=O)/C=C/C1=CN(C)[C@H]2C[C@@H]1[C@@H](C(=O)OC)c1c2c2ccccc2n1C. The molecule has 3 atom stereocenters. The maximum absolute atomic E-state index is 12.9. The molecule has 0 amide bonds. The molecule has 1 aliphatic heterocycles. The Morgan fingerprint density at radius 1 is 1.14 bits per heavy atom. The van der Waals surface area contributed by atoms with E-state index in [0.29, 0.717) is 0 Å². The van der Waals surface area contributed by atoms with Gasteiger partial charge in [0.05, 0.1) is 20.3 Å². The number of benzene rings is 1. The highest BCUT2D eigenvalue weighted by Crippen LogP contribution is 2.53. The van der Waals surface area contributed by atoms with E-state index in [2.05, 4.69) is 21.6 Å². The predicted octanol–water partition coefficient (Wildman–Crippen LogP) is 3.05. The average Bonchev–Trinajstić information content (AvgIpc) is 3.01. The molecule has 0 saturated carbocycles. The molecular weight excluding hydrogens is 356 g/mol. The number of aromatic nitrogens is 1. The van der Waals surface area contributed by atoms with Gasteiger partial charge in [-0.3, -0.25) is 4.79 Å². The van der Waals surface area contributed by atoms with Gasteiger partial charge in [0.2, 0.25) is 0 Å². The number of hydrogen-bond donors (Lipinski definition) is 0. The lowest BCUT2D eigenvalue weighted by Gasteiger charge is -2.44. The number of carbonyl (C=O) groups excluding carboxylic acids is 2. The van der Waals surface area contributed by atoms with Crippen molar-refractivity contribution < 1.29 is 19.1 Å². The fourth-order valence-corrected chi connectivity index (χ4v) is 4.77. The molecule has 6 nitrogen and oxygen atoms in total. The zero-order valence-electron chi connectivity index (χ0n) is 16.5. The quantitative estimate of drug-likeness (QED) is 0.605. The summed E-state index contributed by atoms with van der Waals surface area (Å²) in [6, 6.07) is 8.41. The highest BCUT2D eigenvalue weighted by molar-refractivity contribution is 5.91. The Morgan fingerprint density at radius 2 is 1.89 bits per heavy atom. The van der Waals surface area contributed by atoms with Crippen molar-refractivity contribution in [1.82, 2.24) is 9.47 Å². The van der Waals surface area contributed by atoms with Crippen molar-refractivity contribution in [2.45, 2.75) is 18.4 Å². The molecule has 0 N–H and O–H groups in total. The fraction of sp³-hybridized carbons (Fsp3) is 0.364. The van der Waals surface area contributed by atoms with E-state index in [9.17, 15) is 9.59 Å². The Kier molecular flexibility index (Phi) is 4.49. The number of aryl methyl sites for hydroxylation is 1. The molecule has 2 aromatic rings. The number of hydrogen-bond acceptors (Lipinski definition) is 5. The smallest absolute Gasteiger partial charge is 0.330 e. The molecule has 1 aliphatic carbocycles. The summed E-state index contributed by atoms with van der Waals surface area (Å²) in [6.45, 7) is 0. The maximum atomic E-state index is 12.9. The van der Waals surface area contributed by atoms with Gasteiger partial charge in [-0.05, 0) is 18.1 Å². The molecule has 0 spiro atoms. The fourth-order valence-electron chi connectivity index (χ4n) is 4.77. The summed E-state index contributed by atoms with van der Waals surface area (Å²) in [6.07, 6.45) is 5.98. The summed E-state index contributed by atoms with van der Waals surface area (Å²) >= 11 is 0. The highest BCUT2D eigenvalue weighted by atomic mass is 16.5. The van der Waals surface area contributed by atoms with Crippen molar-refractivity contribution in [3.63, 3.8) is 0 Å². The summed E-state index contributed by atoms with van der Waals surface area (Å²) in [5, 5.41) is 1.17. The van der Waals surface area contributed by atoms with Crippen LogP contribution < -0.4 is 0 Å². The second-order valence-electron chi connectivity index (χ2n) is 7.38. The lowest BCUT2D eigenvalue weighted by Crippen LogP contribution is -2.39. The standard InChI is InChI=1S/C22H24N2O4/c1-23-12-13(9-10-18(25)27-3)15-11-17(23)19-14-7-5-6-8-16(14)24(2)21(19)20(15)22(26)28-4/h5-10,12,15,17,20H,11H2,1-4H3/b10-9+/t15-,17-,20+/m0/s1. The average molecular weight is 380 g/mol. The Morgan fingerprint density at radius 3 is 2.61 bits per heavy atom. The van der Waals surface area contributed by atoms with Gasteiger partial charge in [0.1, 0.15) is 5.92 Å². The van der Waals surface area contributed by atoms with Crippen molar-refractivity contribution in [3.8, 4) is 0 Å². The Balaban J connectivity index is 1.92. The number of rotatable bonds is 3. The molecular formula is C22H24N2O4. The van der Waals surface area contributed by atoms with Crippen molar-refractivity contribution in [2.75, 3.05) is 21.3 Å². The van der Waals surface area contributed by atoms with Gasteiger partial charge in [0, 0.05) is 54.4 Å². The van der Waals surface area contributed by atoms with Crippen LogP contribution in [0.3, 0.4) is 0 Å². The number of esters is 2. The van der Waals surface area contributed by atoms with Gasteiger partial charge in [-0.1, -0.05) is 24.3 Å². The van der Waals surface area contributed by atoms with Crippen molar-refractivity contribution in [2.24, 2.45) is 13.0 Å². The van der Waals surface area contributed by atoms with Gasteiger partial charge in [0.25, 0.3) is 0 Å². The molecule has 0 fully saturated rings. The molecule has 146 valence electrons. The largest absolute Gasteiger partial charge is 0.468 e. The first-order chi connectivity index (χ1) is 13.5. The van der Waals surface area contributed by atoms with E-state index in [-0.39, 0.29) is 17.9 Å². The van der Waals surface area contributed by atoms with E-state index in [1.165, 1.54) is 31.2 Å². The van der Waals surface area contributed by atoms with Gasteiger partial charge in [-0.15, -0.1) is 0 Å². The number of para-hydroxylation sites is 1. The second-order valence-corrected chi connectivity index (χ2v) is 7.38. The van der Waals surface area contributed by atoms with Crippen LogP contribution in [0.1, 0.15) is 29.6 Å². The van der Waals surface area contributed by atoms with Crippen LogP contribution in [0.2, 0.25) is 0 Å². The van der Waals surface area contributed by atoms with E-state index >= 15 is 0 Å². The van der Waals surface area contributed by atoms with Crippen molar-refractivity contribution >= 4 is 22.8 Å². The molecule has 0 saturated heterocycles. The molecule has 6 heteroatoms. The normalized spacial score (nSPS) is 23.5. The van der Waals surface area contributed by atoms with Crippen LogP contribution in [0, 0.1) is 5.92 Å². The van der Waals surface area contributed by atoms with E-state index in [1.807, 2.05) is 32.4 Å². The van der Waals surface area contributed by atoms with Crippen LogP contribution in [0.25, 0.3) is 10.9 Å². The number of carbonyl (C=O) groups is 2. The van der Waals surface area contributed by atoms with Crippen molar-refractivity contribution in [3.05, 3.63) is 59.4 Å². The summed E-state index contributed by atoms with van der Waals surface area (Å²) in [5.74, 6) is -1.15. The third-order valence-corrected chi connectivity index (χ3v) is 6.04. The third-order valence-electron chi connectivity index (χ3n) is 6.04. The monoisotopic (exact) mass is 380 g/mol. The van der Waals surface area contributed by atoms with Crippen molar-refractivity contribution in [1.29, 1.82) is 0 Å². The maximum Gasteiger partial charge on any atom is 0.330 e. The first-order valence-electron chi connectivity index (χ1n) is 9.32. The zero-order chi connectivity index (χ0) is 20.0. The van der Waals surface area contributed by atoms with Crippen LogP contribution >= 0.6 is 0 Å². The number of nitrogens with zero attached hydrogens (tertiary/aromatic N) is 2. The van der Waals surface area contributed by atoms with Gasteiger partial charge in [-0.2, -0.15) is 0 Å². The summed E-state index contributed by atoms with van der Waals surface area (Å²) < 4.78 is 12.0. The van der Waals surface area contributed by atoms with Gasteiger partial charge in [-0.25, -0.2) is 4.79 Å². The van der Waals surface area contributed by atoms with Gasteiger partial charge < -0.3 is 18.9 Å². The zero-order valence-corrected chi connectivity index (χ0v) is 16.5. The second kappa shape index (κ2) is 6.86. The summed E-state index contributed by atoms with van der Waals surface area (Å²) in [7, 11) is 6.83. The number of fused-ring (bicyclic) bond motifs is 6. The first-order valence-corrected chi connectivity index (χ1v) is 9.32. The molecule has 28 heavy (non-hydrogen) atoms. The number of allylic oxidation sites excluding steroid dienone is 2. The molecule has 4 rings (SSSR count). The third kappa shape index (κ3) is 2.63. The van der Waals surface area contributed by atoms with E-state index < -0.39 is 11.9 Å². The predicted molar refractivity (Wildman–Crippen MR) is 106 cm³/mol. The van der Waals surface area contributed by atoms with E-state index in [1.54, 1.807) is 6.08 Å². The van der Waals surface area contributed by atoms with Gasteiger partial charge >= 0.3 is 11.9 Å². The van der Waals surface area contributed by atoms with E-state index in [0.717, 1.165) is 23.2 Å². The van der Waals surface area contributed by atoms with Crippen LogP contribution in [0.4, 0.5) is 0 Å². The lowest BCUT2D eigenvalue weighted by atomic mass is 9.70. The number of methoxy groups -OCH3 is 2. The minimum atomic E-state index is -0.420. The van der Waals surface area contributed by atoms with Crippen LogP contribution in [0.5, 0.6) is 0 Å². The summed E-state index contributed by atoms with van der Waals surface area (Å²) in [4.78, 5) is 26.7. The Bertz CT molecular complexity index is 1020. The van der Waals surface area contributed by atoms with Crippen LogP contribution in [-0.4, -0.2) is 42.7 Å². The molecule has 2 heterocycles. The first kappa shape index (κ1) is 18.3. The Labute approximate surface area is 164 Å². The van der Waals surface area contributed by atoms with Crippen LogP contribution in [0.15, 0.2) is 48.2 Å². The highest BCUT2D eigenvalue weighted by Gasteiger charge is 2.47.